The molecule has 1 atom stereocenters. The van der Waals surface area contributed by atoms with Gasteiger partial charge in [-0.1, -0.05) is 56.3 Å². The van der Waals surface area contributed by atoms with E-state index >= 15 is 0 Å². The van der Waals surface area contributed by atoms with Crippen molar-refractivity contribution in [2.45, 2.75) is 64.3 Å². The minimum atomic E-state index is 0.634. The molecule has 0 bridgehead atoms. The zero-order chi connectivity index (χ0) is 14.2. The first kappa shape index (κ1) is 15.9. The molecule has 0 heterocycles. The Labute approximate surface area is 129 Å². The summed E-state index contributed by atoms with van der Waals surface area (Å²) in [5, 5.41) is 4.63. The fourth-order valence-electron chi connectivity index (χ4n) is 3.32. The molecule has 1 fully saturated rings. The van der Waals surface area contributed by atoms with Gasteiger partial charge in [-0.05, 0) is 55.8 Å². The Kier molecular flexibility index (Phi) is 6.89. The third-order valence-electron chi connectivity index (χ3n) is 4.49. The van der Waals surface area contributed by atoms with Gasteiger partial charge in [-0.3, -0.25) is 0 Å². The van der Waals surface area contributed by atoms with Gasteiger partial charge >= 0.3 is 0 Å². The molecule has 1 N–H and O–H groups in total. The molecule has 1 aliphatic rings. The van der Waals surface area contributed by atoms with Gasteiger partial charge in [0.2, 0.25) is 0 Å². The standard InChI is InChI=1S/C18H28ClN/c1-2-13-20-18(16-7-5-3-4-6-8-16)14-15-9-11-17(19)12-10-15/h9-12,16,18,20H,2-8,13-14H2,1H3. The zero-order valence-electron chi connectivity index (χ0n) is 12.7. The van der Waals surface area contributed by atoms with E-state index in [0.29, 0.717) is 6.04 Å². The summed E-state index contributed by atoms with van der Waals surface area (Å²) < 4.78 is 0. The number of rotatable bonds is 6. The van der Waals surface area contributed by atoms with Gasteiger partial charge in [-0.25, -0.2) is 0 Å². The maximum Gasteiger partial charge on any atom is 0.0406 e. The number of hydrogen-bond donors (Lipinski definition) is 1. The second-order valence-corrected chi connectivity index (χ2v) is 6.58. The Hall–Kier alpha value is -0.530. The van der Waals surface area contributed by atoms with Gasteiger partial charge in [-0.15, -0.1) is 0 Å². The summed E-state index contributed by atoms with van der Waals surface area (Å²) in [6.07, 6.45) is 10.8. The van der Waals surface area contributed by atoms with E-state index in [2.05, 4.69) is 24.4 Å². The van der Waals surface area contributed by atoms with Crippen LogP contribution >= 0.6 is 11.6 Å². The van der Waals surface area contributed by atoms with E-state index in [4.69, 9.17) is 11.6 Å². The summed E-state index contributed by atoms with van der Waals surface area (Å²) in [4.78, 5) is 0. The van der Waals surface area contributed by atoms with Gasteiger partial charge in [-0.2, -0.15) is 0 Å². The second kappa shape index (κ2) is 8.69. The number of hydrogen-bond acceptors (Lipinski definition) is 1. The average Bonchev–Trinajstić information content (AvgIpc) is 2.74. The number of nitrogens with one attached hydrogen (secondary N) is 1. The number of benzene rings is 1. The third kappa shape index (κ3) is 5.10. The normalized spacial score (nSPS) is 18.7. The molecule has 0 saturated heterocycles. The lowest BCUT2D eigenvalue weighted by Crippen LogP contribution is -2.38. The molecular formula is C18H28ClN. The summed E-state index contributed by atoms with van der Waals surface area (Å²) in [6, 6.07) is 9.02. The predicted molar refractivity (Wildman–Crippen MR) is 88.4 cm³/mol. The molecule has 1 aromatic carbocycles. The fraction of sp³-hybridized carbons (Fsp3) is 0.667. The van der Waals surface area contributed by atoms with Crippen LogP contribution in [0.4, 0.5) is 0 Å². The number of halogens is 1. The summed E-state index contributed by atoms with van der Waals surface area (Å²) in [5.41, 5.74) is 1.41. The van der Waals surface area contributed by atoms with Crippen molar-refractivity contribution in [3.8, 4) is 0 Å². The summed E-state index contributed by atoms with van der Waals surface area (Å²) >= 11 is 5.99. The average molecular weight is 294 g/mol. The van der Waals surface area contributed by atoms with E-state index in [0.717, 1.165) is 23.9 Å². The van der Waals surface area contributed by atoms with Crippen LogP contribution in [0.25, 0.3) is 0 Å². The van der Waals surface area contributed by atoms with Crippen molar-refractivity contribution in [1.29, 1.82) is 0 Å². The second-order valence-electron chi connectivity index (χ2n) is 6.14. The SMILES string of the molecule is CCCNC(Cc1ccc(Cl)cc1)C1CCCCCC1. The molecule has 1 aliphatic carbocycles. The topological polar surface area (TPSA) is 12.0 Å². The first-order valence-corrected chi connectivity index (χ1v) is 8.65. The van der Waals surface area contributed by atoms with Crippen LogP contribution in [-0.2, 0) is 6.42 Å². The molecule has 112 valence electrons. The highest BCUT2D eigenvalue weighted by Crippen LogP contribution is 2.27. The third-order valence-corrected chi connectivity index (χ3v) is 4.75. The van der Waals surface area contributed by atoms with Gasteiger partial charge in [0.15, 0.2) is 0 Å². The molecule has 0 amide bonds. The van der Waals surface area contributed by atoms with Crippen LogP contribution in [0.3, 0.4) is 0 Å². The van der Waals surface area contributed by atoms with E-state index in [9.17, 15) is 0 Å². The van der Waals surface area contributed by atoms with Crippen LogP contribution in [0.1, 0.15) is 57.4 Å². The van der Waals surface area contributed by atoms with Crippen molar-refractivity contribution in [1.82, 2.24) is 5.32 Å². The summed E-state index contributed by atoms with van der Waals surface area (Å²) in [7, 11) is 0. The maximum absolute atomic E-state index is 5.99. The molecule has 20 heavy (non-hydrogen) atoms. The van der Waals surface area contributed by atoms with Crippen molar-refractivity contribution in [2.24, 2.45) is 5.92 Å². The van der Waals surface area contributed by atoms with E-state index < -0.39 is 0 Å². The molecule has 1 aromatic rings. The molecule has 0 aromatic heterocycles. The van der Waals surface area contributed by atoms with E-state index in [1.807, 2.05) is 12.1 Å². The van der Waals surface area contributed by atoms with Gasteiger partial charge in [0, 0.05) is 11.1 Å². The molecule has 1 nitrogen and oxygen atoms in total. The van der Waals surface area contributed by atoms with Crippen LogP contribution in [0, 0.1) is 5.92 Å². The first-order valence-electron chi connectivity index (χ1n) is 8.27. The molecule has 1 saturated carbocycles. The van der Waals surface area contributed by atoms with Crippen molar-refractivity contribution >= 4 is 11.6 Å². The lowest BCUT2D eigenvalue weighted by molar-refractivity contribution is 0.317. The highest BCUT2D eigenvalue weighted by atomic mass is 35.5. The predicted octanol–water partition coefficient (Wildman–Crippen LogP) is 5.22. The van der Waals surface area contributed by atoms with Gasteiger partial charge in [0.05, 0.1) is 0 Å². The van der Waals surface area contributed by atoms with E-state index in [-0.39, 0.29) is 0 Å². The minimum Gasteiger partial charge on any atom is -0.313 e. The van der Waals surface area contributed by atoms with Crippen molar-refractivity contribution in [3.63, 3.8) is 0 Å². The molecule has 0 spiro atoms. The lowest BCUT2D eigenvalue weighted by Gasteiger charge is -2.27. The Morgan fingerprint density at radius 2 is 1.75 bits per heavy atom. The quantitative estimate of drug-likeness (QED) is 0.709. The van der Waals surface area contributed by atoms with Crippen LogP contribution in [0.5, 0.6) is 0 Å². The fourth-order valence-corrected chi connectivity index (χ4v) is 3.45. The Balaban J connectivity index is 1.99. The van der Waals surface area contributed by atoms with Crippen LogP contribution < -0.4 is 5.32 Å². The van der Waals surface area contributed by atoms with Crippen LogP contribution in [-0.4, -0.2) is 12.6 Å². The molecule has 2 rings (SSSR count). The zero-order valence-corrected chi connectivity index (χ0v) is 13.5. The highest BCUT2D eigenvalue weighted by molar-refractivity contribution is 6.30. The van der Waals surface area contributed by atoms with Crippen molar-refractivity contribution in [3.05, 3.63) is 34.9 Å². The first-order chi connectivity index (χ1) is 9.79. The molecular weight excluding hydrogens is 266 g/mol. The van der Waals surface area contributed by atoms with Gasteiger partial charge in [0.25, 0.3) is 0 Å². The maximum atomic E-state index is 5.99. The highest BCUT2D eigenvalue weighted by Gasteiger charge is 2.22. The van der Waals surface area contributed by atoms with Crippen molar-refractivity contribution in [2.75, 3.05) is 6.54 Å². The lowest BCUT2D eigenvalue weighted by atomic mass is 9.87. The smallest absolute Gasteiger partial charge is 0.0406 e. The Morgan fingerprint density at radius 3 is 2.35 bits per heavy atom. The van der Waals surface area contributed by atoms with Crippen LogP contribution in [0.2, 0.25) is 5.02 Å². The van der Waals surface area contributed by atoms with E-state index in [1.54, 1.807) is 0 Å². The Morgan fingerprint density at radius 1 is 1.10 bits per heavy atom. The van der Waals surface area contributed by atoms with E-state index in [1.165, 1.54) is 50.5 Å². The summed E-state index contributed by atoms with van der Waals surface area (Å²) in [5.74, 6) is 0.847. The largest absolute Gasteiger partial charge is 0.313 e. The van der Waals surface area contributed by atoms with Gasteiger partial charge in [0.1, 0.15) is 0 Å². The van der Waals surface area contributed by atoms with Gasteiger partial charge < -0.3 is 5.32 Å². The molecule has 1 unspecified atom stereocenters. The molecule has 0 aliphatic heterocycles. The minimum absolute atomic E-state index is 0.634. The summed E-state index contributed by atoms with van der Waals surface area (Å²) in [6.45, 7) is 3.38. The molecule has 2 heteroatoms. The van der Waals surface area contributed by atoms with Crippen LogP contribution in [0.15, 0.2) is 24.3 Å². The van der Waals surface area contributed by atoms with Crippen molar-refractivity contribution < 1.29 is 0 Å². The monoisotopic (exact) mass is 293 g/mol. The molecule has 0 radical (unpaired) electrons. The Bertz CT molecular complexity index is 366.